The van der Waals surface area contributed by atoms with Crippen LogP contribution in [-0.4, -0.2) is 85.9 Å². The number of amides is 3. The second kappa shape index (κ2) is 7.61. The molecular formula is C17H25FN4O2. The van der Waals surface area contributed by atoms with Crippen LogP contribution in [0, 0.1) is 5.82 Å². The maximum Gasteiger partial charge on any atom is 0.319 e. The predicted molar refractivity (Wildman–Crippen MR) is 90.1 cm³/mol. The summed E-state index contributed by atoms with van der Waals surface area (Å²) in [4.78, 5) is 31.7. The van der Waals surface area contributed by atoms with Crippen molar-refractivity contribution in [3.8, 4) is 0 Å². The van der Waals surface area contributed by atoms with Gasteiger partial charge in [-0.25, -0.2) is 9.18 Å². The van der Waals surface area contributed by atoms with Crippen molar-refractivity contribution in [2.45, 2.75) is 6.04 Å². The highest BCUT2D eigenvalue weighted by Crippen LogP contribution is 2.22. The number of carbonyl (C=O) groups is 2. The number of rotatable bonds is 3. The van der Waals surface area contributed by atoms with Gasteiger partial charge in [0.1, 0.15) is 11.9 Å². The Balaban J connectivity index is 2.08. The van der Waals surface area contributed by atoms with Crippen molar-refractivity contribution < 1.29 is 14.0 Å². The minimum Gasteiger partial charge on any atom is -0.337 e. The molecule has 24 heavy (non-hydrogen) atoms. The minimum atomic E-state index is -0.531. The number of carbonyl (C=O) groups excluding carboxylic acids is 2. The van der Waals surface area contributed by atoms with E-state index in [2.05, 4.69) is 0 Å². The van der Waals surface area contributed by atoms with Gasteiger partial charge in [-0.2, -0.15) is 0 Å². The summed E-state index contributed by atoms with van der Waals surface area (Å²) in [6.45, 7) is 1.98. The van der Waals surface area contributed by atoms with Gasteiger partial charge in [-0.15, -0.1) is 0 Å². The van der Waals surface area contributed by atoms with E-state index in [1.807, 2.05) is 0 Å². The second-order valence-electron chi connectivity index (χ2n) is 6.41. The Morgan fingerprint density at radius 2 is 1.62 bits per heavy atom. The molecule has 1 unspecified atom stereocenters. The molecule has 0 bridgehead atoms. The predicted octanol–water partition coefficient (Wildman–Crippen LogP) is 1.25. The van der Waals surface area contributed by atoms with E-state index in [0.717, 1.165) is 0 Å². The molecule has 0 N–H and O–H groups in total. The summed E-state index contributed by atoms with van der Waals surface area (Å²) in [5.41, 5.74) is 0.636. The first kappa shape index (κ1) is 18.2. The number of hydrogen-bond donors (Lipinski definition) is 0. The number of likely N-dealkylation sites (N-methyl/N-ethyl adjacent to an activating group) is 1. The van der Waals surface area contributed by atoms with E-state index in [-0.39, 0.29) is 17.8 Å². The standard InChI is InChI=1S/C17H25FN4O2/c1-19(2)15(13-6-5-7-14(18)12-13)16(23)21-8-10-22(11-9-21)17(24)20(3)4/h5-7,12,15H,8-11H2,1-4H3. The maximum absolute atomic E-state index is 13.5. The fourth-order valence-electron chi connectivity index (χ4n) is 2.91. The van der Waals surface area contributed by atoms with Gasteiger partial charge in [0.2, 0.25) is 5.91 Å². The highest BCUT2D eigenvalue weighted by atomic mass is 19.1. The molecule has 3 amide bonds. The number of halogens is 1. The molecule has 132 valence electrons. The highest BCUT2D eigenvalue weighted by molar-refractivity contribution is 5.83. The Morgan fingerprint density at radius 1 is 1.04 bits per heavy atom. The Morgan fingerprint density at radius 3 is 2.12 bits per heavy atom. The van der Waals surface area contributed by atoms with Crippen molar-refractivity contribution >= 4 is 11.9 Å². The molecule has 2 rings (SSSR count). The normalized spacial score (nSPS) is 16.2. The van der Waals surface area contributed by atoms with Crippen LogP contribution in [0.2, 0.25) is 0 Å². The van der Waals surface area contributed by atoms with Crippen LogP contribution in [0.5, 0.6) is 0 Å². The summed E-state index contributed by atoms with van der Waals surface area (Å²) in [5, 5.41) is 0. The summed E-state index contributed by atoms with van der Waals surface area (Å²) in [6, 6.07) is 5.56. The monoisotopic (exact) mass is 336 g/mol. The van der Waals surface area contributed by atoms with E-state index in [1.165, 1.54) is 17.0 Å². The van der Waals surface area contributed by atoms with E-state index in [9.17, 15) is 14.0 Å². The Hall–Kier alpha value is -2.15. The lowest BCUT2D eigenvalue weighted by Gasteiger charge is -2.38. The van der Waals surface area contributed by atoms with Crippen molar-refractivity contribution in [2.75, 3.05) is 54.4 Å². The molecule has 1 aliphatic heterocycles. The van der Waals surface area contributed by atoms with Crippen LogP contribution in [0.25, 0.3) is 0 Å². The zero-order valence-electron chi connectivity index (χ0n) is 14.7. The molecule has 1 fully saturated rings. The quantitative estimate of drug-likeness (QED) is 0.835. The SMILES string of the molecule is CN(C)C(=O)N1CCN(C(=O)C(c2cccc(F)c2)N(C)C)CC1. The topological polar surface area (TPSA) is 47.1 Å². The summed E-state index contributed by atoms with van der Waals surface area (Å²) in [7, 11) is 7.04. The van der Waals surface area contributed by atoms with Crippen LogP contribution < -0.4 is 0 Å². The Bertz CT molecular complexity index is 598. The molecule has 1 aromatic rings. The first-order chi connectivity index (χ1) is 11.3. The maximum atomic E-state index is 13.5. The van der Waals surface area contributed by atoms with E-state index in [1.54, 1.807) is 55.0 Å². The summed E-state index contributed by atoms with van der Waals surface area (Å²) in [5.74, 6) is -0.420. The minimum absolute atomic E-state index is 0.0450. The molecule has 7 heteroatoms. The van der Waals surface area contributed by atoms with Gasteiger partial charge in [0.05, 0.1) is 0 Å². The number of benzene rings is 1. The van der Waals surface area contributed by atoms with Crippen molar-refractivity contribution in [1.29, 1.82) is 0 Å². The molecule has 1 saturated heterocycles. The molecule has 0 spiro atoms. The van der Waals surface area contributed by atoms with Gasteiger partial charge < -0.3 is 14.7 Å². The smallest absolute Gasteiger partial charge is 0.319 e. The van der Waals surface area contributed by atoms with E-state index >= 15 is 0 Å². The van der Waals surface area contributed by atoms with E-state index in [4.69, 9.17) is 0 Å². The summed E-state index contributed by atoms with van der Waals surface area (Å²) < 4.78 is 13.5. The fourth-order valence-corrected chi connectivity index (χ4v) is 2.91. The van der Waals surface area contributed by atoms with Gasteiger partial charge >= 0.3 is 6.03 Å². The largest absolute Gasteiger partial charge is 0.337 e. The van der Waals surface area contributed by atoms with Gasteiger partial charge in [0.25, 0.3) is 0 Å². The molecule has 0 radical (unpaired) electrons. The van der Waals surface area contributed by atoms with Gasteiger partial charge in [-0.1, -0.05) is 12.1 Å². The lowest BCUT2D eigenvalue weighted by atomic mass is 10.0. The number of urea groups is 1. The molecular weight excluding hydrogens is 311 g/mol. The molecule has 1 atom stereocenters. The molecule has 1 aromatic carbocycles. The van der Waals surface area contributed by atoms with Gasteiger partial charge in [-0.3, -0.25) is 9.69 Å². The molecule has 6 nitrogen and oxygen atoms in total. The van der Waals surface area contributed by atoms with Crippen LogP contribution in [0.3, 0.4) is 0 Å². The van der Waals surface area contributed by atoms with Crippen LogP contribution in [0.15, 0.2) is 24.3 Å². The van der Waals surface area contributed by atoms with Gasteiger partial charge in [0, 0.05) is 40.3 Å². The lowest BCUT2D eigenvalue weighted by molar-refractivity contribution is -0.137. The fraction of sp³-hybridized carbons (Fsp3) is 0.529. The average Bonchev–Trinajstić information content (AvgIpc) is 2.54. The Labute approximate surface area is 142 Å². The summed E-state index contributed by atoms with van der Waals surface area (Å²) in [6.07, 6.45) is 0. The molecule has 0 aliphatic carbocycles. The van der Waals surface area contributed by atoms with Crippen LogP contribution >= 0.6 is 0 Å². The Kier molecular flexibility index (Phi) is 5.77. The average molecular weight is 336 g/mol. The van der Waals surface area contributed by atoms with Crippen molar-refractivity contribution in [3.05, 3.63) is 35.6 Å². The number of hydrogen-bond acceptors (Lipinski definition) is 3. The first-order valence-electron chi connectivity index (χ1n) is 7.98. The lowest BCUT2D eigenvalue weighted by Crippen LogP contribution is -2.54. The van der Waals surface area contributed by atoms with Gasteiger partial charge in [0.15, 0.2) is 0 Å². The third kappa shape index (κ3) is 4.03. The van der Waals surface area contributed by atoms with Crippen molar-refractivity contribution in [2.24, 2.45) is 0 Å². The highest BCUT2D eigenvalue weighted by Gasteiger charge is 2.31. The van der Waals surface area contributed by atoms with E-state index in [0.29, 0.717) is 31.7 Å². The van der Waals surface area contributed by atoms with Crippen LogP contribution in [0.1, 0.15) is 11.6 Å². The third-order valence-electron chi connectivity index (χ3n) is 4.16. The first-order valence-corrected chi connectivity index (χ1v) is 7.98. The molecule has 1 heterocycles. The van der Waals surface area contributed by atoms with Gasteiger partial charge in [-0.05, 0) is 31.8 Å². The summed E-state index contributed by atoms with van der Waals surface area (Å²) >= 11 is 0. The zero-order chi connectivity index (χ0) is 17.9. The second-order valence-corrected chi connectivity index (χ2v) is 6.41. The van der Waals surface area contributed by atoms with E-state index < -0.39 is 6.04 Å². The molecule has 1 aliphatic rings. The van der Waals surface area contributed by atoms with Crippen LogP contribution in [0.4, 0.5) is 9.18 Å². The zero-order valence-corrected chi connectivity index (χ0v) is 14.7. The number of piperazine rings is 1. The number of nitrogens with zero attached hydrogens (tertiary/aromatic N) is 4. The molecule has 0 saturated carbocycles. The molecule has 0 aromatic heterocycles. The van der Waals surface area contributed by atoms with Crippen molar-refractivity contribution in [3.63, 3.8) is 0 Å². The van der Waals surface area contributed by atoms with Crippen molar-refractivity contribution in [1.82, 2.24) is 19.6 Å². The third-order valence-corrected chi connectivity index (χ3v) is 4.16. The van der Waals surface area contributed by atoms with Crippen LogP contribution in [-0.2, 0) is 4.79 Å².